The highest BCUT2D eigenvalue weighted by molar-refractivity contribution is 7.17. The van der Waals surface area contributed by atoms with Crippen LogP contribution in [0.15, 0.2) is 60.4 Å². The van der Waals surface area contributed by atoms with Crippen molar-refractivity contribution in [2.45, 2.75) is 13.3 Å². The molecule has 5 rings (SSSR count). The molecule has 0 amide bonds. The number of aromatic hydroxyl groups is 1. The Balaban J connectivity index is 1.62. The van der Waals surface area contributed by atoms with Crippen LogP contribution in [0.1, 0.15) is 37.4 Å². The van der Waals surface area contributed by atoms with Gasteiger partial charge < -0.3 is 25.3 Å². The highest BCUT2D eigenvalue weighted by Crippen LogP contribution is 2.45. The Bertz CT molecular complexity index is 1690. The predicted octanol–water partition coefficient (Wildman–Crippen LogP) is 5.63. The first-order chi connectivity index (χ1) is 17.3. The first-order valence-electron chi connectivity index (χ1n) is 11.1. The summed E-state index contributed by atoms with van der Waals surface area (Å²) in [7, 11) is 0. The summed E-state index contributed by atoms with van der Waals surface area (Å²) >= 11 is 0.702. The van der Waals surface area contributed by atoms with Crippen LogP contribution in [-0.4, -0.2) is 43.6 Å². The molecule has 0 saturated heterocycles. The number of H-pyrrole nitrogens is 2. The topological polar surface area (TPSA) is 126 Å². The van der Waals surface area contributed by atoms with E-state index in [2.05, 4.69) is 9.97 Å². The van der Waals surface area contributed by atoms with Crippen LogP contribution in [0.5, 0.6) is 5.75 Å². The van der Waals surface area contributed by atoms with Gasteiger partial charge in [-0.05, 0) is 37.1 Å². The van der Waals surface area contributed by atoms with E-state index in [1.54, 1.807) is 12.3 Å². The molecule has 9 heteroatoms. The summed E-state index contributed by atoms with van der Waals surface area (Å²) in [6.07, 6.45) is 5.50. The Kier molecular flexibility index (Phi) is 5.95. The van der Waals surface area contributed by atoms with Crippen molar-refractivity contribution in [1.29, 1.82) is 0 Å². The fourth-order valence-corrected chi connectivity index (χ4v) is 5.33. The standard InChI is InChI=1S/C27H21FN2O5S/c1-13(12-31)5-6-14-3-2-4-17-19(11-30-22(14)17)23(32)26-24(33)21(25(36-26)27(34)35)18-10-29-20-9-15(28)7-8-16(18)20/h2-5,7-11,29-31,33H,6,12H2,1H3,(H,34,35)/b13-5+. The maximum atomic E-state index is 13.6. The van der Waals surface area contributed by atoms with E-state index in [1.165, 1.54) is 24.4 Å². The van der Waals surface area contributed by atoms with Gasteiger partial charge in [0.05, 0.1) is 12.2 Å². The number of para-hydroxylation sites is 1. The Labute approximate surface area is 208 Å². The number of carbonyl (C=O) groups excluding carboxylic acids is 1. The number of hydrogen-bond acceptors (Lipinski definition) is 5. The molecule has 3 aromatic heterocycles. The van der Waals surface area contributed by atoms with E-state index in [1.807, 2.05) is 25.1 Å². The Hall–Kier alpha value is -4.21. The van der Waals surface area contributed by atoms with Gasteiger partial charge in [-0.15, -0.1) is 11.3 Å². The SMILES string of the molecule is C/C(=C\Cc1cccc2c(C(=O)c3sc(C(=O)O)c(-c4c[nH]c5cc(F)ccc45)c3O)c[nH]c12)CO. The molecular weight excluding hydrogens is 483 g/mol. The van der Waals surface area contributed by atoms with Crippen molar-refractivity contribution in [2.24, 2.45) is 0 Å². The second-order valence-corrected chi connectivity index (χ2v) is 9.49. The molecule has 0 aliphatic carbocycles. The number of rotatable bonds is 7. The van der Waals surface area contributed by atoms with E-state index < -0.39 is 23.3 Å². The number of aromatic amines is 2. The number of ketones is 1. The molecule has 182 valence electrons. The lowest BCUT2D eigenvalue weighted by atomic mass is 10.0. The maximum absolute atomic E-state index is 13.6. The number of halogens is 1. The average Bonchev–Trinajstić information content (AvgIpc) is 3.56. The molecule has 5 N–H and O–H groups in total. The molecule has 0 atom stereocenters. The van der Waals surface area contributed by atoms with Crippen LogP contribution in [0.3, 0.4) is 0 Å². The zero-order chi connectivity index (χ0) is 25.6. The highest BCUT2D eigenvalue weighted by Gasteiger charge is 2.30. The number of aliphatic hydroxyl groups is 1. The van der Waals surface area contributed by atoms with E-state index in [-0.39, 0.29) is 21.9 Å². The Morgan fingerprint density at radius 2 is 1.89 bits per heavy atom. The van der Waals surface area contributed by atoms with E-state index in [4.69, 9.17) is 0 Å². The van der Waals surface area contributed by atoms with Gasteiger partial charge in [-0.25, -0.2) is 9.18 Å². The average molecular weight is 505 g/mol. The Morgan fingerprint density at radius 1 is 1.08 bits per heavy atom. The predicted molar refractivity (Wildman–Crippen MR) is 136 cm³/mol. The van der Waals surface area contributed by atoms with E-state index >= 15 is 0 Å². The number of nitrogens with one attached hydrogen (secondary N) is 2. The van der Waals surface area contributed by atoms with Crippen LogP contribution in [0.2, 0.25) is 0 Å². The first kappa shape index (κ1) is 23.5. The summed E-state index contributed by atoms with van der Waals surface area (Å²) in [6, 6.07) is 9.53. The smallest absolute Gasteiger partial charge is 0.346 e. The molecule has 0 spiro atoms. The van der Waals surface area contributed by atoms with Gasteiger partial charge in [-0.3, -0.25) is 4.79 Å². The molecule has 0 bridgehead atoms. The van der Waals surface area contributed by atoms with Gasteiger partial charge in [0.1, 0.15) is 21.3 Å². The number of allylic oxidation sites excluding steroid dienone is 1. The van der Waals surface area contributed by atoms with Crippen molar-refractivity contribution < 1.29 is 29.3 Å². The molecule has 36 heavy (non-hydrogen) atoms. The van der Waals surface area contributed by atoms with Gasteiger partial charge in [0.15, 0.2) is 0 Å². The lowest BCUT2D eigenvalue weighted by Crippen LogP contribution is -1.98. The number of fused-ring (bicyclic) bond motifs is 2. The van der Waals surface area contributed by atoms with Gasteiger partial charge >= 0.3 is 5.97 Å². The number of benzene rings is 2. The molecule has 0 radical (unpaired) electrons. The normalized spacial score (nSPS) is 12.0. The number of carboxylic acids is 1. The summed E-state index contributed by atoms with van der Waals surface area (Å²) < 4.78 is 13.6. The molecule has 0 aliphatic rings. The third kappa shape index (κ3) is 3.88. The summed E-state index contributed by atoms with van der Waals surface area (Å²) in [5.74, 6) is -2.68. The van der Waals surface area contributed by atoms with Crippen molar-refractivity contribution in [3.63, 3.8) is 0 Å². The maximum Gasteiger partial charge on any atom is 0.346 e. The molecular formula is C27H21FN2O5S. The van der Waals surface area contributed by atoms with Crippen molar-refractivity contribution in [2.75, 3.05) is 6.61 Å². The second-order valence-electron chi connectivity index (χ2n) is 8.47. The van der Waals surface area contributed by atoms with Crippen LogP contribution in [0.25, 0.3) is 32.9 Å². The Morgan fingerprint density at radius 3 is 2.64 bits per heavy atom. The molecule has 5 aromatic rings. The van der Waals surface area contributed by atoms with E-state index in [0.717, 1.165) is 16.7 Å². The van der Waals surface area contributed by atoms with Crippen molar-refractivity contribution in [3.05, 3.63) is 87.1 Å². The summed E-state index contributed by atoms with van der Waals surface area (Å²) in [5, 5.41) is 31.4. The number of hydrogen-bond donors (Lipinski definition) is 5. The zero-order valence-electron chi connectivity index (χ0n) is 19.1. The van der Waals surface area contributed by atoms with Crippen molar-refractivity contribution >= 4 is 44.9 Å². The van der Waals surface area contributed by atoms with Crippen molar-refractivity contribution in [1.82, 2.24) is 9.97 Å². The number of aliphatic hydroxyl groups excluding tert-OH is 1. The summed E-state index contributed by atoms with van der Waals surface area (Å²) in [4.78, 5) is 31.4. The minimum atomic E-state index is -1.28. The number of aromatic carboxylic acids is 1. The van der Waals surface area contributed by atoms with E-state index in [0.29, 0.717) is 45.2 Å². The largest absolute Gasteiger partial charge is 0.506 e. The summed E-state index contributed by atoms with van der Waals surface area (Å²) in [5.41, 5.74) is 3.61. The quantitative estimate of drug-likeness (QED) is 0.145. The molecule has 0 aliphatic heterocycles. The lowest BCUT2D eigenvalue weighted by molar-refractivity contribution is 0.0702. The third-order valence-corrected chi connectivity index (χ3v) is 7.33. The number of thiophene rings is 1. The molecule has 3 heterocycles. The fraction of sp³-hybridized carbons (Fsp3) is 0.111. The van der Waals surface area contributed by atoms with Crippen LogP contribution >= 0.6 is 11.3 Å². The van der Waals surface area contributed by atoms with Crippen LogP contribution in [0.4, 0.5) is 4.39 Å². The second kappa shape index (κ2) is 9.10. The van der Waals surface area contributed by atoms with E-state index in [9.17, 15) is 29.3 Å². The lowest BCUT2D eigenvalue weighted by Gasteiger charge is -2.03. The van der Waals surface area contributed by atoms with Crippen LogP contribution in [0, 0.1) is 5.82 Å². The van der Waals surface area contributed by atoms with Gasteiger partial charge in [0.25, 0.3) is 0 Å². The molecule has 0 unspecified atom stereocenters. The summed E-state index contributed by atoms with van der Waals surface area (Å²) in [6.45, 7) is 1.78. The zero-order valence-corrected chi connectivity index (χ0v) is 19.9. The molecule has 7 nitrogen and oxygen atoms in total. The van der Waals surface area contributed by atoms with Crippen molar-refractivity contribution in [3.8, 4) is 16.9 Å². The minimum Gasteiger partial charge on any atom is -0.506 e. The third-order valence-electron chi connectivity index (χ3n) is 6.16. The van der Waals surface area contributed by atoms with Crippen LogP contribution < -0.4 is 0 Å². The number of aromatic nitrogens is 2. The van der Waals surface area contributed by atoms with Gasteiger partial charge in [-0.1, -0.05) is 29.8 Å². The van der Waals surface area contributed by atoms with Crippen LogP contribution in [-0.2, 0) is 6.42 Å². The number of carbonyl (C=O) groups is 2. The molecule has 0 fully saturated rings. The fourth-order valence-electron chi connectivity index (χ4n) is 4.33. The molecule has 2 aromatic carbocycles. The first-order valence-corrected chi connectivity index (χ1v) is 11.9. The van der Waals surface area contributed by atoms with Gasteiger partial charge in [-0.2, -0.15) is 0 Å². The number of carboxylic acid groups (broad SMARTS) is 1. The molecule has 0 saturated carbocycles. The minimum absolute atomic E-state index is 0.0128. The monoisotopic (exact) mass is 504 g/mol. The van der Waals surface area contributed by atoms with Gasteiger partial charge in [0, 0.05) is 45.3 Å². The highest BCUT2D eigenvalue weighted by atomic mass is 32.1. The van der Waals surface area contributed by atoms with Gasteiger partial charge in [0.2, 0.25) is 5.78 Å².